The standard InChI is InChI=1S/C18H23N3O2S/c22-16(21-9-3-5-13-4-1-2-6-15(13)21)7-10-20-12-19-17-14(18(20)23)8-11-24-17/h8,11-13,15H,1-7,9-10H2/t13-,15+/m1/s1. The molecule has 0 unspecified atom stereocenters. The second-order valence-electron chi connectivity index (χ2n) is 6.97. The van der Waals surface area contributed by atoms with E-state index in [1.54, 1.807) is 10.9 Å². The van der Waals surface area contributed by atoms with Crippen molar-refractivity contribution in [2.75, 3.05) is 6.54 Å². The summed E-state index contributed by atoms with van der Waals surface area (Å²) in [6.07, 6.45) is 9.33. The number of hydrogen-bond acceptors (Lipinski definition) is 4. The maximum absolute atomic E-state index is 12.7. The monoisotopic (exact) mass is 345 g/mol. The van der Waals surface area contributed by atoms with Crippen molar-refractivity contribution in [3.8, 4) is 0 Å². The molecule has 0 spiro atoms. The Morgan fingerprint density at radius 3 is 3.00 bits per heavy atom. The van der Waals surface area contributed by atoms with Crippen molar-refractivity contribution in [3.05, 3.63) is 28.1 Å². The number of aromatic nitrogens is 2. The summed E-state index contributed by atoms with van der Waals surface area (Å²) in [7, 11) is 0. The summed E-state index contributed by atoms with van der Waals surface area (Å²) in [6.45, 7) is 1.31. The highest BCUT2D eigenvalue weighted by Crippen LogP contribution is 2.35. The fourth-order valence-corrected chi connectivity index (χ4v) is 5.07. The van der Waals surface area contributed by atoms with Crippen molar-refractivity contribution < 1.29 is 4.79 Å². The Balaban J connectivity index is 1.45. The molecule has 24 heavy (non-hydrogen) atoms. The Kier molecular flexibility index (Phi) is 4.39. The van der Waals surface area contributed by atoms with E-state index in [1.807, 2.05) is 11.4 Å². The molecule has 0 N–H and O–H groups in total. The van der Waals surface area contributed by atoms with Gasteiger partial charge in [-0.1, -0.05) is 12.8 Å². The van der Waals surface area contributed by atoms with Crippen LogP contribution in [0.15, 0.2) is 22.6 Å². The second-order valence-corrected chi connectivity index (χ2v) is 7.87. The smallest absolute Gasteiger partial charge is 0.262 e. The molecule has 2 atom stereocenters. The lowest BCUT2D eigenvalue weighted by molar-refractivity contribution is -0.137. The van der Waals surface area contributed by atoms with Gasteiger partial charge in [-0.3, -0.25) is 14.2 Å². The maximum atomic E-state index is 12.7. The summed E-state index contributed by atoms with van der Waals surface area (Å²) in [5.41, 5.74) is -0.0387. The number of fused-ring (bicyclic) bond motifs is 2. The minimum Gasteiger partial charge on any atom is -0.339 e. The van der Waals surface area contributed by atoms with Crippen LogP contribution in [0.3, 0.4) is 0 Å². The first-order valence-electron chi connectivity index (χ1n) is 8.96. The Labute approximate surface area is 145 Å². The molecule has 1 aliphatic carbocycles. The first-order chi connectivity index (χ1) is 11.7. The molecular weight excluding hydrogens is 322 g/mol. The zero-order chi connectivity index (χ0) is 16.5. The molecule has 2 aliphatic rings. The van der Waals surface area contributed by atoms with E-state index in [9.17, 15) is 9.59 Å². The van der Waals surface area contributed by atoms with Gasteiger partial charge in [0.25, 0.3) is 5.56 Å². The number of piperidine rings is 1. The average Bonchev–Trinajstić information content (AvgIpc) is 3.10. The predicted octanol–water partition coefficient (Wildman–Crippen LogP) is 3.03. The number of amides is 1. The van der Waals surface area contributed by atoms with Crippen LogP contribution in [0.5, 0.6) is 0 Å². The van der Waals surface area contributed by atoms with Crippen LogP contribution in [0.1, 0.15) is 44.9 Å². The minimum atomic E-state index is -0.0387. The van der Waals surface area contributed by atoms with Crippen molar-refractivity contribution in [2.24, 2.45) is 5.92 Å². The largest absolute Gasteiger partial charge is 0.339 e. The molecule has 5 nitrogen and oxygen atoms in total. The van der Waals surface area contributed by atoms with Crippen LogP contribution >= 0.6 is 11.3 Å². The third-order valence-corrected chi connectivity index (χ3v) is 6.40. The van der Waals surface area contributed by atoms with Gasteiger partial charge in [-0.2, -0.15) is 0 Å². The number of likely N-dealkylation sites (tertiary alicyclic amines) is 1. The van der Waals surface area contributed by atoms with Crippen molar-refractivity contribution in [3.63, 3.8) is 0 Å². The predicted molar refractivity (Wildman–Crippen MR) is 95.2 cm³/mol. The van der Waals surface area contributed by atoms with E-state index >= 15 is 0 Å². The summed E-state index contributed by atoms with van der Waals surface area (Å²) in [6, 6.07) is 2.25. The third-order valence-electron chi connectivity index (χ3n) is 5.58. The van der Waals surface area contributed by atoms with Crippen LogP contribution in [0.2, 0.25) is 0 Å². The van der Waals surface area contributed by atoms with Crippen molar-refractivity contribution in [1.82, 2.24) is 14.5 Å². The van der Waals surface area contributed by atoms with E-state index in [0.717, 1.165) is 24.2 Å². The lowest BCUT2D eigenvalue weighted by atomic mass is 9.78. The molecule has 1 aliphatic heterocycles. The van der Waals surface area contributed by atoms with Gasteiger partial charge in [0.2, 0.25) is 5.91 Å². The molecule has 2 aromatic rings. The third kappa shape index (κ3) is 2.88. The van der Waals surface area contributed by atoms with E-state index in [0.29, 0.717) is 30.3 Å². The Bertz CT molecular complexity index is 795. The number of thiophene rings is 1. The highest BCUT2D eigenvalue weighted by atomic mass is 32.1. The molecule has 0 bridgehead atoms. The minimum absolute atomic E-state index is 0.0387. The van der Waals surface area contributed by atoms with Gasteiger partial charge < -0.3 is 4.90 Å². The summed E-state index contributed by atoms with van der Waals surface area (Å²) in [5, 5.41) is 2.53. The SMILES string of the molecule is O=C(CCn1cnc2sccc2c1=O)N1CCC[C@H]2CCCC[C@@H]21. The van der Waals surface area contributed by atoms with Gasteiger partial charge in [-0.05, 0) is 43.0 Å². The van der Waals surface area contributed by atoms with Crippen LogP contribution in [-0.2, 0) is 11.3 Å². The summed E-state index contributed by atoms with van der Waals surface area (Å²) in [4.78, 5) is 32.3. The summed E-state index contributed by atoms with van der Waals surface area (Å²) >= 11 is 1.47. The first-order valence-corrected chi connectivity index (χ1v) is 9.84. The highest BCUT2D eigenvalue weighted by molar-refractivity contribution is 7.16. The number of carbonyl (C=O) groups excluding carboxylic acids is 1. The zero-order valence-corrected chi connectivity index (χ0v) is 14.6. The Hall–Kier alpha value is -1.69. The summed E-state index contributed by atoms with van der Waals surface area (Å²) in [5.74, 6) is 0.895. The fourth-order valence-electron chi connectivity index (χ4n) is 4.35. The van der Waals surface area contributed by atoms with Crippen LogP contribution in [-0.4, -0.2) is 32.9 Å². The molecule has 1 saturated carbocycles. The van der Waals surface area contributed by atoms with E-state index in [-0.39, 0.29) is 11.5 Å². The van der Waals surface area contributed by atoms with E-state index in [1.165, 1.54) is 37.0 Å². The first kappa shape index (κ1) is 15.8. The molecule has 1 saturated heterocycles. The molecule has 0 radical (unpaired) electrons. The second kappa shape index (κ2) is 6.67. The van der Waals surface area contributed by atoms with Gasteiger partial charge in [-0.15, -0.1) is 11.3 Å². The number of aryl methyl sites for hydroxylation is 1. The number of rotatable bonds is 3. The summed E-state index contributed by atoms with van der Waals surface area (Å²) < 4.78 is 1.58. The van der Waals surface area contributed by atoms with Crippen molar-refractivity contribution in [1.29, 1.82) is 0 Å². The molecule has 1 amide bonds. The van der Waals surface area contributed by atoms with E-state index < -0.39 is 0 Å². The maximum Gasteiger partial charge on any atom is 0.262 e. The average molecular weight is 345 g/mol. The quantitative estimate of drug-likeness (QED) is 0.859. The number of nitrogens with zero attached hydrogens (tertiary/aromatic N) is 3. The molecule has 4 rings (SSSR count). The molecule has 0 aromatic carbocycles. The lowest BCUT2D eigenvalue weighted by Gasteiger charge is -2.44. The molecule has 2 aromatic heterocycles. The Morgan fingerprint density at radius 1 is 1.25 bits per heavy atom. The topological polar surface area (TPSA) is 55.2 Å². The lowest BCUT2D eigenvalue weighted by Crippen LogP contribution is -2.49. The van der Waals surface area contributed by atoms with Gasteiger partial charge in [0.1, 0.15) is 4.83 Å². The van der Waals surface area contributed by atoms with Crippen LogP contribution < -0.4 is 5.56 Å². The van der Waals surface area contributed by atoms with Crippen LogP contribution in [0.25, 0.3) is 10.2 Å². The van der Waals surface area contributed by atoms with Gasteiger partial charge in [0, 0.05) is 25.6 Å². The van der Waals surface area contributed by atoms with Crippen LogP contribution in [0.4, 0.5) is 0 Å². The van der Waals surface area contributed by atoms with Crippen molar-refractivity contribution >= 4 is 27.5 Å². The van der Waals surface area contributed by atoms with Gasteiger partial charge in [0.15, 0.2) is 0 Å². The van der Waals surface area contributed by atoms with Gasteiger partial charge in [-0.25, -0.2) is 4.98 Å². The molecular formula is C18H23N3O2S. The number of carbonyl (C=O) groups is 1. The molecule has 128 valence electrons. The Morgan fingerprint density at radius 2 is 2.08 bits per heavy atom. The van der Waals surface area contributed by atoms with Crippen molar-refractivity contribution in [2.45, 2.75) is 57.5 Å². The van der Waals surface area contributed by atoms with Gasteiger partial charge in [0.05, 0.1) is 11.7 Å². The van der Waals surface area contributed by atoms with Gasteiger partial charge >= 0.3 is 0 Å². The normalized spacial score (nSPS) is 24.1. The highest BCUT2D eigenvalue weighted by Gasteiger charge is 2.35. The zero-order valence-electron chi connectivity index (χ0n) is 13.8. The number of hydrogen-bond donors (Lipinski definition) is 0. The molecule has 3 heterocycles. The van der Waals surface area contributed by atoms with E-state index in [2.05, 4.69) is 9.88 Å². The fraction of sp³-hybridized carbons (Fsp3) is 0.611. The van der Waals surface area contributed by atoms with Crippen LogP contribution in [0, 0.1) is 5.92 Å². The van der Waals surface area contributed by atoms with E-state index in [4.69, 9.17) is 0 Å². The molecule has 2 fully saturated rings. The molecule has 6 heteroatoms.